The van der Waals surface area contributed by atoms with E-state index in [0.29, 0.717) is 61.3 Å². The zero-order chi connectivity index (χ0) is 24.6. The summed E-state index contributed by atoms with van der Waals surface area (Å²) in [5.74, 6) is 0.662. The van der Waals surface area contributed by atoms with Crippen LogP contribution in [-0.4, -0.2) is 51.4 Å². The van der Waals surface area contributed by atoms with Gasteiger partial charge >= 0.3 is 6.18 Å². The monoisotopic (exact) mass is 484 g/mol. The molecule has 1 amide bonds. The molecule has 0 spiro atoms. The molecule has 9 heteroatoms. The minimum absolute atomic E-state index is 0.0471. The molecule has 0 radical (unpaired) electrons. The molecule has 5 rings (SSSR count). The molecule has 3 aromatic rings. The first-order valence-corrected chi connectivity index (χ1v) is 12.0. The van der Waals surface area contributed by atoms with Gasteiger partial charge in [-0.15, -0.1) is 0 Å². The van der Waals surface area contributed by atoms with Gasteiger partial charge in [-0.3, -0.25) is 19.1 Å². The van der Waals surface area contributed by atoms with Crippen molar-refractivity contribution in [2.24, 2.45) is 0 Å². The first-order valence-electron chi connectivity index (χ1n) is 12.0. The number of piperazine rings is 1. The lowest BCUT2D eigenvalue weighted by atomic mass is 10.1. The van der Waals surface area contributed by atoms with Crippen LogP contribution in [0.15, 0.2) is 47.3 Å². The van der Waals surface area contributed by atoms with Gasteiger partial charge in [-0.05, 0) is 42.7 Å². The van der Waals surface area contributed by atoms with Crippen molar-refractivity contribution in [3.8, 4) is 0 Å². The number of carbonyl (C=O) groups is 1. The van der Waals surface area contributed by atoms with Crippen molar-refractivity contribution in [2.75, 3.05) is 26.2 Å². The van der Waals surface area contributed by atoms with Crippen LogP contribution in [0.4, 0.5) is 13.2 Å². The van der Waals surface area contributed by atoms with Gasteiger partial charge in [-0.2, -0.15) is 13.2 Å². The number of fused-ring (bicyclic) bond motifs is 2. The number of amides is 1. The molecular formula is C26H27F3N4O2. The van der Waals surface area contributed by atoms with Crippen LogP contribution >= 0.6 is 0 Å². The van der Waals surface area contributed by atoms with Crippen LogP contribution < -0.4 is 5.56 Å². The average molecular weight is 485 g/mol. The second-order valence-electron chi connectivity index (χ2n) is 9.29. The Morgan fingerprint density at radius 3 is 2.51 bits per heavy atom. The highest BCUT2D eigenvalue weighted by Gasteiger charge is 2.30. The van der Waals surface area contributed by atoms with Crippen LogP contribution in [0.3, 0.4) is 0 Å². The summed E-state index contributed by atoms with van der Waals surface area (Å²) in [7, 11) is 0. The summed E-state index contributed by atoms with van der Waals surface area (Å²) < 4.78 is 40.7. The molecule has 3 heterocycles. The van der Waals surface area contributed by atoms with Crippen molar-refractivity contribution >= 4 is 16.8 Å². The van der Waals surface area contributed by atoms with Crippen molar-refractivity contribution in [3.05, 3.63) is 75.3 Å². The molecule has 1 fully saturated rings. The van der Waals surface area contributed by atoms with E-state index in [1.165, 1.54) is 12.1 Å². The average Bonchev–Trinajstić information content (AvgIpc) is 3.09. The zero-order valence-corrected chi connectivity index (χ0v) is 19.4. The van der Waals surface area contributed by atoms with E-state index in [1.807, 2.05) is 0 Å². The van der Waals surface area contributed by atoms with E-state index in [0.717, 1.165) is 37.6 Å². The second kappa shape index (κ2) is 9.45. The van der Waals surface area contributed by atoms with Gasteiger partial charge in [0.2, 0.25) is 0 Å². The fourth-order valence-electron chi connectivity index (χ4n) is 4.95. The van der Waals surface area contributed by atoms with Gasteiger partial charge in [0.1, 0.15) is 5.82 Å². The molecule has 2 aliphatic heterocycles. The van der Waals surface area contributed by atoms with Gasteiger partial charge in [0.05, 0.1) is 16.5 Å². The van der Waals surface area contributed by atoms with Crippen LogP contribution in [0.25, 0.3) is 10.9 Å². The minimum atomic E-state index is -4.36. The molecule has 0 bridgehead atoms. The highest BCUT2D eigenvalue weighted by molar-refractivity contribution is 5.97. The number of aryl methyl sites for hydroxylation is 1. The van der Waals surface area contributed by atoms with Gasteiger partial charge < -0.3 is 4.90 Å². The number of hydrogen-bond acceptors (Lipinski definition) is 4. The molecule has 2 aliphatic rings. The smallest absolute Gasteiger partial charge is 0.336 e. The number of alkyl halides is 3. The number of benzene rings is 2. The van der Waals surface area contributed by atoms with Crippen molar-refractivity contribution in [1.29, 1.82) is 0 Å². The van der Waals surface area contributed by atoms with E-state index < -0.39 is 11.7 Å². The molecule has 0 saturated carbocycles. The van der Waals surface area contributed by atoms with Gasteiger partial charge in [-0.1, -0.05) is 24.6 Å². The van der Waals surface area contributed by atoms with Crippen LogP contribution in [0.2, 0.25) is 0 Å². The van der Waals surface area contributed by atoms with Gasteiger partial charge in [0.25, 0.3) is 11.5 Å². The Balaban J connectivity index is 1.27. The molecule has 1 saturated heterocycles. The number of carbonyl (C=O) groups excluding carboxylic acids is 1. The van der Waals surface area contributed by atoms with E-state index in [2.05, 4.69) is 4.90 Å². The predicted molar refractivity (Wildman–Crippen MR) is 126 cm³/mol. The molecular weight excluding hydrogens is 457 g/mol. The molecule has 0 atom stereocenters. The number of hydrogen-bond donors (Lipinski definition) is 0. The van der Waals surface area contributed by atoms with Crippen LogP contribution in [0.5, 0.6) is 0 Å². The Morgan fingerprint density at radius 2 is 1.74 bits per heavy atom. The molecule has 6 nitrogen and oxygen atoms in total. The molecule has 0 N–H and O–H groups in total. The van der Waals surface area contributed by atoms with Crippen molar-refractivity contribution in [1.82, 2.24) is 19.4 Å². The highest BCUT2D eigenvalue weighted by Crippen LogP contribution is 2.30. The lowest BCUT2D eigenvalue weighted by Gasteiger charge is -2.35. The number of nitrogens with zero attached hydrogens (tertiary/aromatic N) is 4. The van der Waals surface area contributed by atoms with Gasteiger partial charge in [0.15, 0.2) is 0 Å². The largest absolute Gasteiger partial charge is 0.416 e. The summed E-state index contributed by atoms with van der Waals surface area (Å²) in [6.45, 7) is 3.20. The Kier molecular flexibility index (Phi) is 6.35. The summed E-state index contributed by atoms with van der Waals surface area (Å²) in [6, 6.07) is 10.5. The summed E-state index contributed by atoms with van der Waals surface area (Å²) >= 11 is 0. The number of aromatic nitrogens is 2. The Labute approximate surface area is 201 Å². The van der Waals surface area contributed by atoms with Crippen molar-refractivity contribution in [3.63, 3.8) is 0 Å². The molecule has 0 unspecified atom stereocenters. The quantitative estimate of drug-likeness (QED) is 0.562. The van der Waals surface area contributed by atoms with E-state index >= 15 is 0 Å². The van der Waals surface area contributed by atoms with E-state index in [9.17, 15) is 22.8 Å². The molecule has 0 aliphatic carbocycles. The lowest BCUT2D eigenvalue weighted by molar-refractivity contribution is -0.137. The fraction of sp³-hybridized carbons (Fsp3) is 0.423. The van der Waals surface area contributed by atoms with Gasteiger partial charge in [-0.25, -0.2) is 4.98 Å². The third-order valence-electron chi connectivity index (χ3n) is 6.88. The molecule has 1 aromatic heterocycles. The van der Waals surface area contributed by atoms with E-state index in [1.54, 1.807) is 33.7 Å². The van der Waals surface area contributed by atoms with Crippen molar-refractivity contribution in [2.45, 2.75) is 44.9 Å². The minimum Gasteiger partial charge on any atom is -0.336 e. The molecule has 184 valence electrons. The van der Waals surface area contributed by atoms with Crippen molar-refractivity contribution < 1.29 is 18.0 Å². The number of rotatable bonds is 3. The van der Waals surface area contributed by atoms with Gasteiger partial charge in [0, 0.05) is 51.3 Å². The highest BCUT2D eigenvalue weighted by atomic mass is 19.4. The third-order valence-corrected chi connectivity index (χ3v) is 6.88. The second-order valence-corrected chi connectivity index (χ2v) is 9.29. The topological polar surface area (TPSA) is 58.4 Å². The summed E-state index contributed by atoms with van der Waals surface area (Å²) in [5.41, 5.74) is 0.955. The SMILES string of the molecule is O=C(c1ccc2c(=O)n3c(nc2c1)CCCCC3)N1CCN(Cc2cccc(C(F)(F)F)c2)CC1. The maximum absolute atomic E-state index is 13.2. The molecule has 35 heavy (non-hydrogen) atoms. The maximum Gasteiger partial charge on any atom is 0.416 e. The summed E-state index contributed by atoms with van der Waals surface area (Å²) in [6.07, 6.45) is -0.558. The summed E-state index contributed by atoms with van der Waals surface area (Å²) in [5, 5.41) is 0.526. The Hall–Kier alpha value is -3.20. The first kappa shape index (κ1) is 23.5. The Morgan fingerprint density at radius 1 is 0.943 bits per heavy atom. The van der Waals surface area contributed by atoms with Crippen LogP contribution in [0, 0.1) is 0 Å². The standard InChI is InChI=1S/C26H27F3N4O2/c27-26(28,29)20-6-4-5-18(15-20)17-31-11-13-32(14-12-31)24(34)19-8-9-21-22(16-19)30-23-7-2-1-3-10-33(23)25(21)35/h4-6,8-9,15-16H,1-3,7,10-14,17H2. The third kappa shape index (κ3) is 4.96. The normalized spacial score (nSPS) is 17.3. The Bertz CT molecular complexity index is 1310. The predicted octanol–water partition coefficient (Wildman–Crippen LogP) is 4.10. The number of halogens is 3. The first-order chi connectivity index (χ1) is 16.8. The fourth-order valence-corrected chi connectivity index (χ4v) is 4.95. The zero-order valence-electron chi connectivity index (χ0n) is 19.4. The van der Waals surface area contributed by atoms with E-state index in [4.69, 9.17) is 4.98 Å². The maximum atomic E-state index is 13.2. The summed E-state index contributed by atoms with van der Waals surface area (Å²) in [4.78, 5) is 34.6. The van der Waals surface area contributed by atoms with Crippen LogP contribution in [0.1, 0.15) is 46.6 Å². The van der Waals surface area contributed by atoms with Crippen LogP contribution in [-0.2, 0) is 25.7 Å². The van der Waals surface area contributed by atoms with E-state index in [-0.39, 0.29) is 11.5 Å². The molecule has 2 aromatic carbocycles. The lowest BCUT2D eigenvalue weighted by Crippen LogP contribution is -2.48.